The minimum Gasteiger partial charge on any atom is -0.437 e. The normalized spacial score (nSPS) is 15.9. The van der Waals surface area contributed by atoms with Crippen molar-refractivity contribution < 1.29 is 14.0 Å². The van der Waals surface area contributed by atoms with Crippen LogP contribution in [0.3, 0.4) is 0 Å². The smallest absolute Gasteiger partial charge is 0.304 e. The monoisotopic (exact) mass is 313 g/mol. The van der Waals surface area contributed by atoms with Crippen molar-refractivity contribution in [2.24, 2.45) is 11.8 Å². The third-order valence-electron chi connectivity index (χ3n) is 3.26. The molecule has 0 amide bonds. The number of esters is 1. The third-order valence-corrected chi connectivity index (χ3v) is 4.20. The van der Waals surface area contributed by atoms with E-state index in [2.05, 4.69) is 32.6 Å². The summed E-state index contributed by atoms with van der Waals surface area (Å²) in [6.07, 6.45) is 4.36. The number of nitriles is 1. The van der Waals surface area contributed by atoms with E-state index in [0.29, 0.717) is 0 Å². The lowest BCUT2D eigenvalue weighted by Crippen LogP contribution is -2.39. The molecular weight excluding hydrogens is 282 g/mol. The van der Waals surface area contributed by atoms with E-state index >= 15 is 0 Å². The molecule has 21 heavy (non-hydrogen) atoms. The van der Waals surface area contributed by atoms with Gasteiger partial charge in [0.1, 0.15) is 0 Å². The van der Waals surface area contributed by atoms with Gasteiger partial charge >= 0.3 is 5.97 Å². The summed E-state index contributed by atoms with van der Waals surface area (Å²) >= 11 is 0. The molecule has 0 aromatic rings. The molecule has 0 aliphatic heterocycles. The lowest BCUT2D eigenvalue weighted by Gasteiger charge is -2.32. The molecule has 0 saturated heterocycles. The Kier molecular flexibility index (Phi) is 9.55. The molecule has 0 aromatic heterocycles. The number of rotatable bonds is 10. The molecule has 0 bridgehead atoms. The van der Waals surface area contributed by atoms with Crippen molar-refractivity contribution in [1.82, 2.24) is 0 Å². The summed E-state index contributed by atoms with van der Waals surface area (Å²) in [4.78, 5) is 11.4. The molecule has 3 unspecified atom stereocenters. The fraction of sp³-hybridized carbons (Fsp3) is 0.875. The molecule has 3 atom stereocenters. The zero-order chi connectivity index (χ0) is 16.5. The number of hydrogen-bond donors (Lipinski definition) is 0. The first-order chi connectivity index (χ1) is 9.69. The van der Waals surface area contributed by atoms with E-state index in [1.807, 2.05) is 6.92 Å². The summed E-state index contributed by atoms with van der Waals surface area (Å²) in [5, 5.41) is 8.93. The van der Waals surface area contributed by atoms with E-state index in [4.69, 9.17) is 14.4 Å². The molecule has 0 heterocycles. The van der Waals surface area contributed by atoms with Crippen molar-refractivity contribution in [2.45, 2.75) is 78.8 Å². The summed E-state index contributed by atoms with van der Waals surface area (Å²) in [5.74, 6) is -0.0940. The molecule has 0 rings (SSSR count). The van der Waals surface area contributed by atoms with E-state index < -0.39 is 14.6 Å². The summed E-state index contributed by atoms with van der Waals surface area (Å²) in [7, 11) is -1.80. The van der Waals surface area contributed by atoms with Crippen LogP contribution in [0, 0.1) is 23.2 Å². The standard InChI is InChI=1S/C16H31NO3Si/c1-7-8-9-15(11-10-13(2)12-17)16(19-14(3)18)20-21(4,5)6/h13,15-16H,7-11H2,1-6H3. The third kappa shape index (κ3) is 10.5. The second-order valence-corrected chi connectivity index (χ2v) is 11.2. The molecule has 0 aromatic carbocycles. The highest BCUT2D eigenvalue weighted by atomic mass is 28.4. The number of unbranched alkanes of at least 4 members (excludes halogenated alkanes) is 1. The minimum atomic E-state index is -1.80. The summed E-state index contributed by atoms with van der Waals surface area (Å²) in [6, 6.07) is 2.26. The maximum Gasteiger partial charge on any atom is 0.304 e. The average molecular weight is 314 g/mol. The van der Waals surface area contributed by atoms with Gasteiger partial charge in [0.05, 0.1) is 6.07 Å². The van der Waals surface area contributed by atoms with Gasteiger partial charge < -0.3 is 9.16 Å². The average Bonchev–Trinajstić information content (AvgIpc) is 2.35. The second kappa shape index (κ2) is 9.96. The lowest BCUT2D eigenvalue weighted by atomic mass is 9.92. The number of carbonyl (C=O) groups is 1. The minimum absolute atomic E-state index is 0.0268. The molecule has 5 heteroatoms. The van der Waals surface area contributed by atoms with Gasteiger partial charge in [-0.15, -0.1) is 0 Å². The number of hydrogen-bond acceptors (Lipinski definition) is 4. The van der Waals surface area contributed by atoms with Gasteiger partial charge in [-0.25, -0.2) is 0 Å². The second-order valence-electron chi connectivity index (χ2n) is 6.72. The van der Waals surface area contributed by atoms with Crippen LogP contribution in [0.25, 0.3) is 0 Å². The predicted octanol–water partition coefficient (Wildman–Crippen LogP) is 4.47. The Morgan fingerprint density at radius 2 is 1.86 bits per heavy atom. The molecule has 0 aliphatic carbocycles. The van der Waals surface area contributed by atoms with Crippen molar-refractivity contribution in [3.8, 4) is 6.07 Å². The quantitative estimate of drug-likeness (QED) is 0.339. The maximum atomic E-state index is 11.4. The van der Waals surface area contributed by atoms with Gasteiger partial charge in [0.2, 0.25) is 0 Å². The zero-order valence-corrected chi connectivity index (χ0v) is 15.4. The summed E-state index contributed by atoms with van der Waals surface area (Å²) in [5.41, 5.74) is 0. The van der Waals surface area contributed by atoms with E-state index in [0.717, 1.165) is 32.1 Å². The first-order valence-electron chi connectivity index (χ1n) is 7.94. The Morgan fingerprint density at radius 1 is 1.24 bits per heavy atom. The van der Waals surface area contributed by atoms with Crippen molar-refractivity contribution in [1.29, 1.82) is 5.26 Å². The van der Waals surface area contributed by atoms with Crippen molar-refractivity contribution in [2.75, 3.05) is 0 Å². The van der Waals surface area contributed by atoms with Gasteiger partial charge in [0, 0.05) is 18.8 Å². The van der Waals surface area contributed by atoms with Crippen LogP contribution in [-0.2, 0) is 14.0 Å². The van der Waals surface area contributed by atoms with Crippen LogP contribution >= 0.6 is 0 Å². The topological polar surface area (TPSA) is 59.3 Å². The molecule has 122 valence electrons. The Labute approximate surface area is 130 Å². The molecule has 0 radical (unpaired) electrons. The first-order valence-corrected chi connectivity index (χ1v) is 11.3. The van der Waals surface area contributed by atoms with Crippen molar-refractivity contribution >= 4 is 14.3 Å². The van der Waals surface area contributed by atoms with E-state index in [1.54, 1.807) is 0 Å². The fourth-order valence-corrected chi connectivity index (χ4v) is 3.08. The first kappa shape index (κ1) is 20.1. The zero-order valence-electron chi connectivity index (χ0n) is 14.4. The molecule has 0 spiro atoms. The molecular formula is C16H31NO3Si. The summed E-state index contributed by atoms with van der Waals surface area (Å²) in [6.45, 7) is 11.8. The lowest BCUT2D eigenvalue weighted by molar-refractivity contribution is -0.171. The highest BCUT2D eigenvalue weighted by molar-refractivity contribution is 6.69. The van der Waals surface area contributed by atoms with Crippen LogP contribution in [0.5, 0.6) is 0 Å². The van der Waals surface area contributed by atoms with E-state index in [1.165, 1.54) is 6.92 Å². The number of carbonyl (C=O) groups excluding carboxylic acids is 1. The van der Waals surface area contributed by atoms with Gasteiger partial charge in [-0.3, -0.25) is 4.79 Å². The molecule has 4 nitrogen and oxygen atoms in total. The van der Waals surface area contributed by atoms with Crippen LogP contribution in [-0.4, -0.2) is 20.6 Å². The molecule has 0 saturated carbocycles. The Hall–Kier alpha value is -0.863. The van der Waals surface area contributed by atoms with Crippen LogP contribution in [0.4, 0.5) is 0 Å². The van der Waals surface area contributed by atoms with Gasteiger partial charge in [-0.2, -0.15) is 5.26 Å². The highest BCUT2D eigenvalue weighted by Crippen LogP contribution is 2.26. The largest absolute Gasteiger partial charge is 0.437 e. The molecule has 0 N–H and O–H groups in total. The van der Waals surface area contributed by atoms with Crippen LogP contribution < -0.4 is 0 Å². The van der Waals surface area contributed by atoms with Gasteiger partial charge in [-0.1, -0.05) is 19.8 Å². The van der Waals surface area contributed by atoms with Crippen LogP contribution in [0.15, 0.2) is 0 Å². The van der Waals surface area contributed by atoms with Crippen LogP contribution in [0.1, 0.15) is 52.9 Å². The Balaban J connectivity index is 4.88. The van der Waals surface area contributed by atoms with E-state index in [9.17, 15) is 4.79 Å². The predicted molar refractivity (Wildman–Crippen MR) is 87.0 cm³/mol. The van der Waals surface area contributed by atoms with Gasteiger partial charge in [-0.05, 0) is 45.8 Å². The Morgan fingerprint density at radius 3 is 2.29 bits per heavy atom. The Bertz CT molecular complexity index is 346. The SMILES string of the molecule is CCCCC(CCC(C)C#N)C(OC(C)=O)O[Si](C)(C)C. The fourth-order valence-electron chi connectivity index (χ4n) is 2.14. The maximum absolute atomic E-state index is 11.4. The van der Waals surface area contributed by atoms with Crippen LogP contribution in [0.2, 0.25) is 19.6 Å². The molecule has 0 aliphatic rings. The number of ether oxygens (including phenoxy) is 1. The number of nitrogens with zero attached hydrogens (tertiary/aromatic N) is 1. The van der Waals surface area contributed by atoms with Crippen molar-refractivity contribution in [3.05, 3.63) is 0 Å². The van der Waals surface area contributed by atoms with E-state index in [-0.39, 0.29) is 17.8 Å². The van der Waals surface area contributed by atoms with Crippen molar-refractivity contribution in [3.63, 3.8) is 0 Å². The highest BCUT2D eigenvalue weighted by Gasteiger charge is 2.30. The van der Waals surface area contributed by atoms with Gasteiger partial charge in [0.25, 0.3) is 0 Å². The molecule has 0 fully saturated rings. The van der Waals surface area contributed by atoms with Gasteiger partial charge in [0.15, 0.2) is 14.6 Å². The summed E-state index contributed by atoms with van der Waals surface area (Å²) < 4.78 is 11.5.